The van der Waals surface area contributed by atoms with Crippen LogP contribution in [0.5, 0.6) is 0 Å². The molecule has 0 aromatic carbocycles. The van der Waals surface area contributed by atoms with Gasteiger partial charge in [-0.1, -0.05) is 0 Å². The Labute approximate surface area is 157 Å². The molecule has 4 heteroatoms. The lowest BCUT2D eigenvalue weighted by Crippen LogP contribution is -2.46. The van der Waals surface area contributed by atoms with Crippen LogP contribution >= 0.6 is 0 Å². The number of carboxylic acid groups (broad SMARTS) is 1. The Morgan fingerprint density at radius 3 is 2.27 bits per heavy atom. The molecule has 146 valence electrons. The second kappa shape index (κ2) is 7.18. The largest absolute Gasteiger partial charge is 0.501 e. The van der Waals surface area contributed by atoms with Crippen molar-refractivity contribution in [3.8, 4) is 0 Å². The van der Waals surface area contributed by atoms with E-state index in [1.54, 1.807) is 6.26 Å². The average Bonchev–Trinajstić information content (AvgIpc) is 2.53. The van der Waals surface area contributed by atoms with Crippen LogP contribution in [0.15, 0.2) is 11.8 Å². The lowest BCUT2D eigenvalue weighted by molar-refractivity contribution is -0.139. The lowest BCUT2D eigenvalue weighted by Gasteiger charge is -2.57. The van der Waals surface area contributed by atoms with Crippen molar-refractivity contribution in [1.29, 1.82) is 0 Å². The van der Waals surface area contributed by atoms with Crippen molar-refractivity contribution >= 4 is 5.97 Å². The van der Waals surface area contributed by atoms with Gasteiger partial charge in [-0.15, -0.1) is 0 Å². The predicted molar refractivity (Wildman–Crippen MR) is 99.7 cm³/mol. The smallest absolute Gasteiger partial charge is 0.334 e. The van der Waals surface area contributed by atoms with Crippen LogP contribution in [-0.4, -0.2) is 29.9 Å². The molecule has 0 aromatic heterocycles. The zero-order valence-electron chi connectivity index (χ0n) is 16.2. The van der Waals surface area contributed by atoms with Crippen LogP contribution in [0.1, 0.15) is 77.6 Å². The molecule has 0 aromatic rings. The number of aliphatic carboxylic acids is 1. The molecule has 1 aliphatic heterocycles. The van der Waals surface area contributed by atoms with Crippen molar-refractivity contribution in [2.45, 2.75) is 83.2 Å². The van der Waals surface area contributed by atoms with E-state index in [4.69, 9.17) is 9.47 Å². The summed E-state index contributed by atoms with van der Waals surface area (Å²) in [6.45, 7) is 3.67. The van der Waals surface area contributed by atoms with E-state index in [2.05, 4.69) is 6.92 Å². The van der Waals surface area contributed by atoms with Crippen molar-refractivity contribution in [1.82, 2.24) is 0 Å². The summed E-state index contributed by atoms with van der Waals surface area (Å²) in [5.41, 5.74) is 0.820. The summed E-state index contributed by atoms with van der Waals surface area (Å²) >= 11 is 0. The van der Waals surface area contributed by atoms with E-state index in [9.17, 15) is 9.90 Å². The molecule has 4 saturated carbocycles. The van der Waals surface area contributed by atoms with E-state index in [1.807, 2.05) is 0 Å². The van der Waals surface area contributed by atoms with Gasteiger partial charge in [-0.3, -0.25) is 0 Å². The molecule has 1 heterocycles. The summed E-state index contributed by atoms with van der Waals surface area (Å²) in [5.74, 6) is 1.77. The number of unbranched alkanes of at least 4 members (excludes halogenated alkanes) is 1. The van der Waals surface area contributed by atoms with Crippen LogP contribution in [0, 0.1) is 23.2 Å². The highest BCUT2D eigenvalue weighted by atomic mass is 16.5. The molecule has 5 fully saturated rings. The van der Waals surface area contributed by atoms with Crippen LogP contribution in [0.2, 0.25) is 0 Å². The van der Waals surface area contributed by atoms with Crippen LogP contribution in [-0.2, 0) is 14.3 Å². The third-order valence-corrected chi connectivity index (χ3v) is 7.53. The maximum atomic E-state index is 11.8. The monoisotopic (exact) mass is 362 g/mol. The SMILES string of the molecule is CC1(CCCCOC=C(CC23CC4CC(CC(C4)C2)C3)C(=O)O)CCO1. The molecule has 4 aliphatic carbocycles. The third kappa shape index (κ3) is 3.95. The van der Waals surface area contributed by atoms with Gasteiger partial charge in [-0.05, 0) is 101 Å². The molecular formula is C22H34O4. The Hall–Kier alpha value is -1.03. The highest BCUT2D eigenvalue weighted by Gasteiger charge is 2.51. The fourth-order valence-electron chi connectivity index (χ4n) is 6.57. The Bertz CT molecular complexity index is 525. The van der Waals surface area contributed by atoms with Crippen LogP contribution in [0.4, 0.5) is 0 Å². The van der Waals surface area contributed by atoms with Gasteiger partial charge in [-0.2, -0.15) is 0 Å². The molecule has 5 aliphatic rings. The molecule has 1 unspecified atom stereocenters. The van der Waals surface area contributed by atoms with Crippen molar-refractivity contribution in [3.63, 3.8) is 0 Å². The highest BCUT2D eigenvalue weighted by Crippen LogP contribution is 2.62. The first-order valence-corrected chi connectivity index (χ1v) is 10.6. The van der Waals surface area contributed by atoms with Gasteiger partial charge in [0.15, 0.2) is 0 Å². The van der Waals surface area contributed by atoms with Crippen molar-refractivity contribution < 1.29 is 19.4 Å². The summed E-state index contributed by atoms with van der Waals surface area (Å²) in [7, 11) is 0. The number of hydrogen-bond donors (Lipinski definition) is 1. The zero-order valence-corrected chi connectivity index (χ0v) is 16.2. The van der Waals surface area contributed by atoms with Crippen molar-refractivity contribution in [3.05, 3.63) is 11.8 Å². The molecular weight excluding hydrogens is 328 g/mol. The second-order valence-corrected chi connectivity index (χ2v) is 9.92. The topological polar surface area (TPSA) is 55.8 Å². The summed E-state index contributed by atoms with van der Waals surface area (Å²) in [4.78, 5) is 11.8. The zero-order chi connectivity index (χ0) is 18.2. The number of rotatable bonds is 9. The van der Waals surface area contributed by atoms with E-state index in [0.29, 0.717) is 18.6 Å². The second-order valence-electron chi connectivity index (χ2n) is 9.92. The Balaban J connectivity index is 1.26. The van der Waals surface area contributed by atoms with E-state index >= 15 is 0 Å². The summed E-state index contributed by atoms with van der Waals surface area (Å²) < 4.78 is 11.3. The van der Waals surface area contributed by atoms with Gasteiger partial charge in [0.05, 0.1) is 30.6 Å². The number of hydrogen-bond acceptors (Lipinski definition) is 3. The molecule has 4 nitrogen and oxygen atoms in total. The van der Waals surface area contributed by atoms with Crippen LogP contribution < -0.4 is 0 Å². The fourth-order valence-corrected chi connectivity index (χ4v) is 6.57. The first-order chi connectivity index (χ1) is 12.5. The lowest BCUT2D eigenvalue weighted by atomic mass is 9.48. The highest BCUT2D eigenvalue weighted by molar-refractivity contribution is 5.86. The number of carbonyl (C=O) groups is 1. The van der Waals surface area contributed by atoms with Crippen molar-refractivity contribution in [2.75, 3.05) is 13.2 Å². The predicted octanol–water partition coefficient (Wildman–Crippen LogP) is 4.93. The third-order valence-electron chi connectivity index (χ3n) is 7.53. The summed E-state index contributed by atoms with van der Waals surface area (Å²) in [6.07, 6.45) is 14.4. The van der Waals surface area contributed by atoms with Gasteiger partial charge in [0.25, 0.3) is 0 Å². The molecule has 1 atom stereocenters. The minimum Gasteiger partial charge on any atom is -0.501 e. The van der Waals surface area contributed by atoms with Crippen LogP contribution in [0.3, 0.4) is 0 Å². The molecule has 4 bridgehead atoms. The normalized spacial score (nSPS) is 41.1. The maximum absolute atomic E-state index is 11.8. The summed E-state index contributed by atoms with van der Waals surface area (Å²) in [6, 6.07) is 0. The molecule has 26 heavy (non-hydrogen) atoms. The first-order valence-electron chi connectivity index (χ1n) is 10.6. The standard InChI is InChI=1S/C22H34O4/c1-21(5-7-26-21)4-2-3-6-25-15-19(20(23)24)14-22-11-16-8-17(12-22)10-18(9-16)13-22/h15-18H,2-14H2,1H3,(H,23,24). The number of ether oxygens (including phenoxy) is 2. The Morgan fingerprint density at radius 1 is 1.15 bits per heavy atom. The Morgan fingerprint density at radius 2 is 1.77 bits per heavy atom. The van der Waals surface area contributed by atoms with Gasteiger partial charge in [0.1, 0.15) is 0 Å². The van der Waals surface area contributed by atoms with E-state index in [1.165, 1.54) is 38.5 Å². The van der Waals surface area contributed by atoms with E-state index < -0.39 is 5.97 Å². The van der Waals surface area contributed by atoms with Gasteiger partial charge >= 0.3 is 5.97 Å². The quantitative estimate of drug-likeness (QED) is 0.359. The van der Waals surface area contributed by atoms with Crippen molar-refractivity contribution in [2.24, 2.45) is 23.2 Å². The summed E-state index contributed by atoms with van der Waals surface area (Å²) in [5, 5.41) is 9.66. The van der Waals surface area contributed by atoms with Gasteiger partial charge in [0.2, 0.25) is 0 Å². The first kappa shape index (κ1) is 18.3. The molecule has 0 amide bonds. The molecule has 0 spiro atoms. The fraction of sp³-hybridized carbons (Fsp3) is 0.864. The minimum atomic E-state index is -0.795. The molecule has 1 saturated heterocycles. The van der Waals surface area contributed by atoms with Gasteiger partial charge in [-0.25, -0.2) is 4.79 Å². The molecule has 5 rings (SSSR count). The maximum Gasteiger partial charge on any atom is 0.334 e. The molecule has 0 radical (unpaired) electrons. The van der Waals surface area contributed by atoms with Gasteiger partial charge < -0.3 is 14.6 Å². The van der Waals surface area contributed by atoms with E-state index in [0.717, 1.165) is 50.0 Å². The average molecular weight is 363 g/mol. The minimum absolute atomic E-state index is 0.0839. The van der Waals surface area contributed by atoms with E-state index in [-0.39, 0.29) is 11.0 Å². The van der Waals surface area contributed by atoms with Gasteiger partial charge in [0, 0.05) is 0 Å². The number of carboxylic acids is 1. The van der Waals surface area contributed by atoms with Crippen LogP contribution in [0.25, 0.3) is 0 Å². The Kier molecular flexibility index (Phi) is 5.06. The molecule has 1 N–H and O–H groups in total.